The van der Waals surface area contributed by atoms with E-state index in [9.17, 15) is 9.59 Å². The molecule has 7 heteroatoms. The van der Waals surface area contributed by atoms with Gasteiger partial charge in [-0.2, -0.15) is 0 Å². The van der Waals surface area contributed by atoms with Gasteiger partial charge in [0.25, 0.3) is 5.56 Å². The van der Waals surface area contributed by atoms with E-state index < -0.39 is 0 Å². The highest BCUT2D eigenvalue weighted by molar-refractivity contribution is 7.18. The Bertz CT molecular complexity index is 1000. The van der Waals surface area contributed by atoms with E-state index in [0.717, 1.165) is 29.7 Å². The van der Waals surface area contributed by atoms with Crippen LogP contribution in [0.2, 0.25) is 0 Å². The average Bonchev–Trinajstić information content (AvgIpc) is 3.24. The van der Waals surface area contributed by atoms with Crippen molar-refractivity contribution in [3.8, 4) is 0 Å². The van der Waals surface area contributed by atoms with Gasteiger partial charge < -0.3 is 9.73 Å². The molecular weight excluding hydrogens is 350 g/mol. The summed E-state index contributed by atoms with van der Waals surface area (Å²) in [5, 5.41) is 3.55. The Kier molecular flexibility index (Phi) is 4.40. The van der Waals surface area contributed by atoms with Gasteiger partial charge in [-0.1, -0.05) is 6.92 Å². The largest absolute Gasteiger partial charge is 0.467 e. The molecule has 0 aromatic carbocycles. The molecule has 3 heterocycles. The normalized spacial score (nSPS) is 17.8. The van der Waals surface area contributed by atoms with Crippen molar-refractivity contribution in [2.24, 2.45) is 5.92 Å². The van der Waals surface area contributed by atoms with Crippen LogP contribution in [-0.2, 0) is 24.2 Å². The van der Waals surface area contributed by atoms with E-state index in [4.69, 9.17) is 4.42 Å². The molecule has 3 aromatic rings. The summed E-state index contributed by atoms with van der Waals surface area (Å²) >= 11 is 1.62. The second-order valence-corrected chi connectivity index (χ2v) is 8.10. The van der Waals surface area contributed by atoms with Crippen LogP contribution >= 0.6 is 11.3 Å². The Balaban J connectivity index is 1.58. The van der Waals surface area contributed by atoms with Crippen molar-refractivity contribution in [1.29, 1.82) is 0 Å². The van der Waals surface area contributed by atoms with Gasteiger partial charge in [0.2, 0.25) is 5.91 Å². The standard InChI is InChI=1S/C19H21N3O3S/c1-11-5-6-13-15(8-11)26-18-17(13)19(24)22(10-20-18)9-16(23)21-12(2)14-4-3-7-25-14/h3-4,7,10-12H,5-6,8-9H2,1-2H3,(H,21,23). The predicted molar refractivity (Wildman–Crippen MR) is 100 cm³/mol. The van der Waals surface area contributed by atoms with Crippen molar-refractivity contribution in [3.63, 3.8) is 0 Å². The van der Waals surface area contributed by atoms with Crippen molar-refractivity contribution in [1.82, 2.24) is 14.9 Å². The lowest BCUT2D eigenvalue weighted by molar-refractivity contribution is -0.122. The van der Waals surface area contributed by atoms with Crippen molar-refractivity contribution in [2.75, 3.05) is 0 Å². The fraction of sp³-hybridized carbons (Fsp3) is 0.421. The van der Waals surface area contributed by atoms with Crippen LogP contribution in [0, 0.1) is 5.92 Å². The maximum atomic E-state index is 12.9. The fourth-order valence-electron chi connectivity index (χ4n) is 3.53. The van der Waals surface area contributed by atoms with Gasteiger partial charge in [0.05, 0.1) is 24.0 Å². The molecule has 0 saturated carbocycles. The number of rotatable bonds is 4. The summed E-state index contributed by atoms with van der Waals surface area (Å²) in [5.41, 5.74) is 1.02. The van der Waals surface area contributed by atoms with E-state index in [1.54, 1.807) is 23.7 Å². The summed E-state index contributed by atoms with van der Waals surface area (Å²) < 4.78 is 6.69. The summed E-state index contributed by atoms with van der Waals surface area (Å²) in [6.07, 6.45) is 6.07. The number of aryl methyl sites for hydroxylation is 1. The van der Waals surface area contributed by atoms with Crippen LogP contribution in [0.5, 0.6) is 0 Å². The van der Waals surface area contributed by atoms with E-state index in [1.807, 2.05) is 13.0 Å². The highest BCUT2D eigenvalue weighted by Crippen LogP contribution is 2.35. The van der Waals surface area contributed by atoms with E-state index in [1.165, 1.54) is 15.8 Å². The zero-order chi connectivity index (χ0) is 18.3. The Morgan fingerprint density at radius 2 is 2.38 bits per heavy atom. The van der Waals surface area contributed by atoms with Gasteiger partial charge in [-0.05, 0) is 49.8 Å². The molecule has 1 N–H and O–H groups in total. The summed E-state index contributed by atoms with van der Waals surface area (Å²) in [6, 6.07) is 3.34. The minimum atomic E-state index is -0.250. The summed E-state index contributed by atoms with van der Waals surface area (Å²) in [6.45, 7) is 4.04. The highest BCUT2D eigenvalue weighted by atomic mass is 32.1. The molecule has 0 radical (unpaired) electrons. The molecule has 136 valence electrons. The number of fused-ring (bicyclic) bond motifs is 3. The molecule has 1 aliphatic rings. The Morgan fingerprint density at radius 3 is 3.15 bits per heavy atom. The van der Waals surface area contributed by atoms with Crippen LogP contribution in [0.3, 0.4) is 0 Å². The van der Waals surface area contributed by atoms with E-state index in [-0.39, 0.29) is 24.1 Å². The number of carbonyl (C=O) groups is 1. The fourth-order valence-corrected chi connectivity index (χ4v) is 4.87. The quantitative estimate of drug-likeness (QED) is 0.765. The molecule has 1 aliphatic carbocycles. The van der Waals surface area contributed by atoms with Crippen molar-refractivity contribution in [3.05, 3.63) is 51.3 Å². The third-order valence-corrected chi connectivity index (χ3v) is 6.11. The van der Waals surface area contributed by atoms with Crippen LogP contribution < -0.4 is 10.9 Å². The lowest BCUT2D eigenvalue weighted by Gasteiger charge is -2.17. The molecule has 0 fully saturated rings. The monoisotopic (exact) mass is 371 g/mol. The minimum Gasteiger partial charge on any atom is -0.467 e. The molecule has 2 unspecified atom stereocenters. The Labute approximate surface area is 154 Å². The second kappa shape index (κ2) is 6.72. The number of aromatic nitrogens is 2. The predicted octanol–water partition coefficient (Wildman–Crippen LogP) is 3.05. The number of amides is 1. The zero-order valence-corrected chi connectivity index (χ0v) is 15.6. The maximum Gasteiger partial charge on any atom is 0.262 e. The van der Waals surface area contributed by atoms with Gasteiger partial charge in [0.1, 0.15) is 17.1 Å². The van der Waals surface area contributed by atoms with Gasteiger partial charge in [0, 0.05) is 4.88 Å². The lowest BCUT2D eigenvalue weighted by atomic mass is 9.89. The molecular formula is C19H21N3O3S. The molecule has 4 rings (SSSR count). The smallest absolute Gasteiger partial charge is 0.262 e. The summed E-state index contributed by atoms with van der Waals surface area (Å²) in [5.74, 6) is 1.09. The summed E-state index contributed by atoms with van der Waals surface area (Å²) in [7, 11) is 0. The van der Waals surface area contributed by atoms with Crippen molar-refractivity contribution in [2.45, 2.75) is 45.7 Å². The third kappa shape index (κ3) is 3.07. The molecule has 2 atom stereocenters. The first kappa shape index (κ1) is 17.0. The van der Waals surface area contributed by atoms with Crippen molar-refractivity contribution >= 4 is 27.5 Å². The van der Waals surface area contributed by atoms with Gasteiger partial charge in [-0.3, -0.25) is 14.2 Å². The van der Waals surface area contributed by atoms with Crippen LogP contribution in [0.1, 0.15) is 42.5 Å². The van der Waals surface area contributed by atoms with Gasteiger partial charge in [-0.15, -0.1) is 11.3 Å². The van der Waals surface area contributed by atoms with E-state index >= 15 is 0 Å². The molecule has 0 spiro atoms. The average molecular weight is 371 g/mol. The van der Waals surface area contributed by atoms with Gasteiger partial charge in [-0.25, -0.2) is 4.98 Å². The number of hydrogen-bond acceptors (Lipinski definition) is 5. The molecule has 26 heavy (non-hydrogen) atoms. The number of hydrogen-bond donors (Lipinski definition) is 1. The summed E-state index contributed by atoms with van der Waals surface area (Å²) in [4.78, 5) is 31.8. The van der Waals surface area contributed by atoms with Crippen LogP contribution in [0.15, 0.2) is 33.9 Å². The van der Waals surface area contributed by atoms with Gasteiger partial charge in [0.15, 0.2) is 0 Å². The van der Waals surface area contributed by atoms with Gasteiger partial charge >= 0.3 is 0 Å². The first-order valence-electron chi connectivity index (χ1n) is 8.85. The number of furan rings is 1. The Hall–Kier alpha value is -2.41. The first-order valence-corrected chi connectivity index (χ1v) is 9.67. The van der Waals surface area contributed by atoms with Crippen LogP contribution in [0.4, 0.5) is 0 Å². The molecule has 0 bridgehead atoms. The highest BCUT2D eigenvalue weighted by Gasteiger charge is 2.23. The Morgan fingerprint density at radius 1 is 1.54 bits per heavy atom. The number of thiophene rings is 1. The minimum absolute atomic E-state index is 0.0478. The van der Waals surface area contributed by atoms with Crippen LogP contribution in [-0.4, -0.2) is 15.5 Å². The second-order valence-electron chi connectivity index (χ2n) is 7.01. The SMILES string of the molecule is CC1CCc2c(sc3ncn(CC(=O)NC(C)c4ccco4)c(=O)c23)C1. The molecule has 0 saturated heterocycles. The number of nitrogens with one attached hydrogen (secondary N) is 1. The molecule has 0 aliphatic heterocycles. The topological polar surface area (TPSA) is 77.1 Å². The van der Waals surface area contributed by atoms with E-state index in [0.29, 0.717) is 17.1 Å². The maximum absolute atomic E-state index is 12.9. The molecule has 6 nitrogen and oxygen atoms in total. The lowest BCUT2D eigenvalue weighted by Crippen LogP contribution is -2.34. The zero-order valence-electron chi connectivity index (χ0n) is 14.8. The van der Waals surface area contributed by atoms with Crippen LogP contribution in [0.25, 0.3) is 10.2 Å². The number of nitrogens with zero attached hydrogens (tertiary/aromatic N) is 2. The number of carbonyl (C=O) groups excluding carboxylic acids is 1. The molecule has 3 aromatic heterocycles. The van der Waals surface area contributed by atoms with E-state index in [2.05, 4.69) is 17.2 Å². The third-order valence-electron chi connectivity index (χ3n) is 4.94. The first-order chi connectivity index (χ1) is 12.5. The van der Waals surface area contributed by atoms with Crippen molar-refractivity contribution < 1.29 is 9.21 Å². The molecule has 1 amide bonds.